The first kappa shape index (κ1) is 33.5. The largest absolute Gasteiger partial charge is 0.508 e. The van der Waals surface area contributed by atoms with Crippen molar-refractivity contribution in [1.82, 2.24) is 0 Å². The molecule has 0 fully saturated rings. The summed E-state index contributed by atoms with van der Waals surface area (Å²) in [4.78, 5) is 11.0. The molecule has 8 nitrogen and oxygen atoms in total. The molecule has 0 aliphatic carbocycles. The molecule has 0 bridgehead atoms. The summed E-state index contributed by atoms with van der Waals surface area (Å²) >= 11 is 0. The molecule has 0 atom stereocenters. The van der Waals surface area contributed by atoms with E-state index in [-0.39, 0.29) is 11.3 Å². The average Bonchev–Trinajstić information content (AvgIpc) is 2.92. The normalized spacial score (nSPS) is 10.8. The number of unbranched alkanes of at least 4 members (excludes halogenated alkanes) is 6. The highest BCUT2D eigenvalue weighted by Gasteiger charge is 2.14. The van der Waals surface area contributed by atoms with Crippen LogP contribution in [0, 0.1) is 6.92 Å². The summed E-state index contributed by atoms with van der Waals surface area (Å²) in [5.74, 6) is 0.267. The van der Waals surface area contributed by atoms with Crippen molar-refractivity contribution in [2.45, 2.75) is 77.4 Å². The Morgan fingerprint density at radius 1 is 0.789 bits per heavy atom. The zero-order chi connectivity index (χ0) is 28.0. The predicted octanol–water partition coefficient (Wildman–Crippen LogP) is 4.25. The van der Waals surface area contributed by atoms with Gasteiger partial charge in [-0.1, -0.05) is 37.8 Å². The van der Waals surface area contributed by atoms with E-state index in [1.54, 1.807) is 6.92 Å². The number of aliphatic hydroxyl groups excluding tert-OH is 1. The highest BCUT2D eigenvalue weighted by Crippen LogP contribution is 2.18. The lowest BCUT2D eigenvalue weighted by Gasteiger charge is -2.08. The van der Waals surface area contributed by atoms with Gasteiger partial charge in [0.1, 0.15) is 11.5 Å². The third-order valence-electron chi connectivity index (χ3n) is 6.00. The van der Waals surface area contributed by atoms with Crippen LogP contribution >= 0.6 is 0 Å². The Kier molecular flexibility index (Phi) is 18.9. The number of rotatable bonds is 19. The van der Waals surface area contributed by atoms with E-state index in [1.165, 1.54) is 49.4 Å². The number of Topliss-reactive ketones (excluding diaryl/α,β-unsaturated/α-hetero) is 1. The summed E-state index contributed by atoms with van der Waals surface area (Å²) in [7, 11) is 0. The molecule has 0 unspecified atom stereocenters. The van der Waals surface area contributed by atoms with E-state index in [0.29, 0.717) is 5.56 Å². The second kappa shape index (κ2) is 21.4. The minimum atomic E-state index is -2.00. The second-order valence-corrected chi connectivity index (χ2v) is 9.35. The number of hydrogen-bond donors (Lipinski definition) is 5. The highest BCUT2D eigenvalue weighted by atomic mass is 16.5. The molecule has 0 amide bonds. The topological polar surface area (TPSA) is 148 Å². The van der Waals surface area contributed by atoms with Crippen molar-refractivity contribution >= 4 is 5.78 Å². The van der Waals surface area contributed by atoms with Gasteiger partial charge in [-0.3, -0.25) is 4.79 Å². The number of carbonyl (C=O) groups excluding carboxylic acids is 1. The van der Waals surface area contributed by atoms with Gasteiger partial charge in [-0.05, 0) is 100.0 Å². The van der Waals surface area contributed by atoms with Crippen LogP contribution in [0.15, 0.2) is 42.5 Å². The maximum absolute atomic E-state index is 11.0. The minimum Gasteiger partial charge on any atom is -0.508 e. The summed E-state index contributed by atoms with van der Waals surface area (Å²) in [6, 6.07) is 12.6. The van der Waals surface area contributed by atoms with E-state index in [9.17, 15) is 4.79 Å². The fourth-order valence-corrected chi connectivity index (χ4v) is 3.68. The van der Waals surface area contributed by atoms with Gasteiger partial charge in [0.15, 0.2) is 0 Å². The average molecular weight is 533 g/mol. The molecular formula is C30H48N2O6. The van der Waals surface area contributed by atoms with E-state index in [0.717, 1.165) is 77.2 Å². The van der Waals surface area contributed by atoms with Crippen LogP contribution in [0.1, 0.15) is 79.3 Å². The van der Waals surface area contributed by atoms with Gasteiger partial charge in [0.25, 0.3) is 0 Å². The smallest absolute Gasteiger partial charge is 0.218 e. The van der Waals surface area contributed by atoms with E-state index >= 15 is 0 Å². The van der Waals surface area contributed by atoms with Gasteiger partial charge in [-0.15, -0.1) is 0 Å². The number of aryl methyl sites for hydroxylation is 2. The fraction of sp³-hybridized carbons (Fsp3) is 0.567. The van der Waals surface area contributed by atoms with Crippen LogP contribution in [0.3, 0.4) is 0 Å². The Labute approximate surface area is 228 Å². The lowest BCUT2D eigenvalue weighted by Crippen LogP contribution is -2.19. The first-order valence-corrected chi connectivity index (χ1v) is 13.8. The second-order valence-electron chi connectivity index (χ2n) is 9.35. The van der Waals surface area contributed by atoms with E-state index in [4.69, 9.17) is 36.3 Å². The third kappa shape index (κ3) is 15.7. The molecule has 0 heterocycles. The van der Waals surface area contributed by atoms with Gasteiger partial charge in [0, 0.05) is 18.8 Å². The summed E-state index contributed by atoms with van der Waals surface area (Å²) in [5, 5.41) is 26.3. The quantitative estimate of drug-likeness (QED) is 0.102. The van der Waals surface area contributed by atoms with Crippen molar-refractivity contribution in [2.75, 3.05) is 32.9 Å². The molecule has 0 saturated carbocycles. The van der Waals surface area contributed by atoms with Gasteiger partial charge < -0.3 is 36.3 Å². The van der Waals surface area contributed by atoms with Crippen LogP contribution in [0.25, 0.3) is 0 Å². The van der Waals surface area contributed by atoms with Crippen LogP contribution in [-0.2, 0) is 11.2 Å². The van der Waals surface area contributed by atoms with E-state index in [2.05, 4.69) is 24.3 Å². The molecule has 2 aromatic carbocycles. The van der Waals surface area contributed by atoms with Crippen LogP contribution in [0.5, 0.6) is 11.5 Å². The summed E-state index contributed by atoms with van der Waals surface area (Å²) in [6.07, 6.45) is 9.50. The molecule has 0 aliphatic rings. The Morgan fingerprint density at radius 2 is 1.37 bits per heavy atom. The number of benzene rings is 2. The van der Waals surface area contributed by atoms with Crippen molar-refractivity contribution in [1.29, 1.82) is 0 Å². The zero-order valence-electron chi connectivity index (χ0n) is 22.9. The predicted molar refractivity (Wildman–Crippen MR) is 152 cm³/mol. The number of aromatic hydroxyl groups is 1. The summed E-state index contributed by atoms with van der Waals surface area (Å²) in [6.45, 7) is 5.74. The van der Waals surface area contributed by atoms with Gasteiger partial charge in [-0.25, -0.2) is 0 Å². The lowest BCUT2D eigenvalue weighted by molar-refractivity contribution is -0.0195. The highest BCUT2D eigenvalue weighted by molar-refractivity contribution is 5.98. The third-order valence-corrected chi connectivity index (χ3v) is 6.00. The van der Waals surface area contributed by atoms with E-state index < -0.39 is 12.1 Å². The van der Waals surface area contributed by atoms with Gasteiger partial charge in [0.2, 0.25) is 12.1 Å². The van der Waals surface area contributed by atoms with Crippen LogP contribution < -0.4 is 16.2 Å². The molecule has 0 aliphatic heterocycles. The molecule has 0 aromatic heterocycles. The molecule has 2 rings (SSSR count). The number of hydrogen-bond acceptors (Lipinski definition) is 8. The number of carbonyl (C=O) groups is 1. The zero-order valence-corrected chi connectivity index (χ0v) is 22.9. The van der Waals surface area contributed by atoms with Crippen molar-refractivity contribution in [3.05, 3.63) is 59.2 Å². The first-order chi connectivity index (χ1) is 18.4. The number of ketones is 1. The molecule has 7 N–H and O–H groups in total. The molecule has 38 heavy (non-hydrogen) atoms. The standard InChI is InChI=1S/C21H38N2O2.C9H10O4/c22-15-5-1-3-7-17-24-18-9-10-20-11-13-21(14-12-20)25-19-8-4-2-6-16-23;1-5-4-6(2-3-7(5)10)8(11)9(12)13/h11-14H,1-10,15-19,22-23H2;2-4,9-10,12-13H,1H3. The first-order valence-electron chi connectivity index (χ1n) is 13.8. The van der Waals surface area contributed by atoms with Gasteiger partial charge in [-0.2, -0.15) is 0 Å². The maximum Gasteiger partial charge on any atom is 0.218 e. The minimum absolute atomic E-state index is 0.0731. The number of phenolic OH excluding ortho intramolecular Hbond substituents is 1. The number of phenols is 1. The van der Waals surface area contributed by atoms with Gasteiger partial charge in [0.05, 0.1) is 6.61 Å². The fourth-order valence-electron chi connectivity index (χ4n) is 3.68. The molecule has 0 radical (unpaired) electrons. The summed E-state index contributed by atoms with van der Waals surface area (Å²) in [5.41, 5.74) is 13.0. The molecule has 2 aromatic rings. The monoisotopic (exact) mass is 532 g/mol. The molecule has 0 spiro atoms. The van der Waals surface area contributed by atoms with Crippen molar-refractivity contribution in [3.8, 4) is 11.5 Å². The number of aliphatic hydroxyl groups is 2. The Bertz CT molecular complexity index is 874. The Hall–Kier alpha value is -2.49. The maximum atomic E-state index is 11.0. The van der Waals surface area contributed by atoms with Crippen molar-refractivity contribution in [2.24, 2.45) is 11.5 Å². The molecular weight excluding hydrogens is 484 g/mol. The lowest BCUT2D eigenvalue weighted by atomic mass is 10.1. The Morgan fingerprint density at radius 3 is 1.95 bits per heavy atom. The Balaban J connectivity index is 0.000000464. The summed E-state index contributed by atoms with van der Waals surface area (Å²) < 4.78 is 11.5. The van der Waals surface area contributed by atoms with Gasteiger partial charge >= 0.3 is 0 Å². The van der Waals surface area contributed by atoms with Crippen LogP contribution in [0.4, 0.5) is 0 Å². The molecule has 0 saturated heterocycles. The number of ether oxygens (including phenoxy) is 2. The van der Waals surface area contributed by atoms with E-state index in [1.807, 2.05) is 0 Å². The van der Waals surface area contributed by atoms with Crippen molar-refractivity contribution < 1.29 is 29.6 Å². The van der Waals surface area contributed by atoms with Crippen LogP contribution in [-0.4, -0.2) is 60.3 Å². The SMILES string of the molecule is Cc1cc(C(=O)C(O)O)ccc1O.NCCCCCCOCCCc1ccc(OCCCCCCN)cc1. The van der Waals surface area contributed by atoms with Crippen LogP contribution in [0.2, 0.25) is 0 Å². The number of nitrogens with two attached hydrogens (primary N) is 2. The molecule has 8 heteroatoms. The van der Waals surface area contributed by atoms with Crippen molar-refractivity contribution in [3.63, 3.8) is 0 Å². The molecule has 214 valence electrons.